The number of aromatic nitrogens is 1. The molecule has 0 bridgehead atoms. The zero-order valence-electron chi connectivity index (χ0n) is 15.1. The Morgan fingerprint density at radius 2 is 2.04 bits per heavy atom. The van der Waals surface area contributed by atoms with E-state index in [0.29, 0.717) is 0 Å². The van der Waals surface area contributed by atoms with Gasteiger partial charge >= 0.3 is 6.09 Å². The molecule has 0 saturated heterocycles. The van der Waals surface area contributed by atoms with Gasteiger partial charge in [0.2, 0.25) is 0 Å². The maximum atomic E-state index is 12.2. The number of ether oxygens (including phenoxy) is 1. The highest BCUT2D eigenvalue weighted by Gasteiger charge is 2.21. The summed E-state index contributed by atoms with van der Waals surface area (Å²) in [4.78, 5) is 16.9. The summed E-state index contributed by atoms with van der Waals surface area (Å²) >= 11 is 1.75. The predicted octanol–water partition coefficient (Wildman–Crippen LogP) is 4.86. The molecule has 0 aliphatic rings. The third kappa shape index (κ3) is 5.13. The number of nitrogens with one attached hydrogen (secondary N) is 1. The molecule has 0 radical (unpaired) electrons. The number of aryl methyl sites for hydroxylation is 1. The zero-order chi connectivity index (χ0) is 17.7. The van der Waals surface area contributed by atoms with Gasteiger partial charge in [0.25, 0.3) is 0 Å². The van der Waals surface area contributed by atoms with Crippen molar-refractivity contribution in [3.63, 3.8) is 0 Å². The zero-order valence-corrected chi connectivity index (χ0v) is 15.9. The van der Waals surface area contributed by atoms with E-state index in [1.807, 2.05) is 39.0 Å². The van der Waals surface area contributed by atoms with Crippen LogP contribution >= 0.6 is 11.8 Å². The van der Waals surface area contributed by atoms with Crippen molar-refractivity contribution in [3.8, 4) is 0 Å². The minimum absolute atomic E-state index is 0.155. The first-order valence-corrected chi connectivity index (χ1v) is 9.54. The average Bonchev–Trinajstić information content (AvgIpc) is 2.49. The van der Waals surface area contributed by atoms with E-state index in [4.69, 9.17) is 9.72 Å². The standard InChI is InChI=1S/C19H26N2O2S/c1-13-7-6-8-15-14(13)9-10-16(20-15)17(11-12-24-5)21-18(22)23-19(2,3)4/h6-10,17H,11-12H2,1-5H3,(H,21,22). The molecule has 1 atom stereocenters. The number of benzene rings is 1. The fraction of sp³-hybridized carbons (Fsp3) is 0.474. The number of hydrogen-bond donors (Lipinski definition) is 1. The highest BCUT2D eigenvalue weighted by Crippen LogP contribution is 2.23. The summed E-state index contributed by atoms with van der Waals surface area (Å²) in [6.07, 6.45) is 2.46. The molecule has 0 fully saturated rings. The van der Waals surface area contributed by atoms with Gasteiger partial charge in [-0.3, -0.25) is 4.98 Å². The number of hydrogen-bond acceptors (Lipinski definition) is 4. The van der Waals surface area contributed by atoms with Crippen LogP contribution in [0.3, 0.4) is 0 Å². The number of nitrogens with zero attached hydrogens (tertiary/aromatic N) is 1. The van der Waals surface area contributed by atoms with Crippen molar-refractivity contribution in [3.05, 3.63) is 41.6 Å². The monoisotopic (exact) mass is 346 g/mol. The van der Waals surface area contributed by atoms with Gasteiger partial charge in [-0.15, -0.1) is 0 Å². The summed E-state index contributed by atoms with van der Waals surface area (Å²) in [5, 5.41) is 4.11. The number of carbonyl (C=O) groups is 1. The van der Waals surface area contributed by atoms with Gasteiger partial charge in [-0.1, -0.05) is 18.2 Å². The molecule has 24 heavy (non-hydrogen) atoms. The van der Waals surface area contributed by atoms with E-state index in [-0.39, 0.29) is 6.04 Å². The second-order valence-corrected chi connectivity index (χ2v) is 7.84. The highest BCUT2D eigenvalue weighted by atomic mass is 32.2. The Hall–Kier alpha value is -1.75. The van der Waals surface area contributed by atoms with Crippen molar-refractivity contribution < 1.29 is 9.53 Å². The molecular formula is C19H26N2O2S. The summed E-state index contributed by atoms with van der Waals surface area (Å²) in [5.74, 6) is 0.938. The summed E-state index contributed by atoms with van der Waals surface area (Å²) in [6, 6.07) is 10.0. The van der Waals surface area contributed by atoms with Crippen LogP contribution < -0.4 is 5.32 Å². The lowest BCUT2D eigenvalue weighted by atomic mass is 10.1. The molecule has 2 rings (SSSR count). The van der Waals surface area contributed by atoms with E-state index in [2.05, 4.69) is 30.6 Å². The predicted molar refractivity (Wildman–Crippen MR) is 102 cm³/mol. The second-order valence-electron chi connectivity index (χ2n) is 6.86. The van der Waals surface area contributed by atoms with Crippen LogP contribution in [0, 0.1) is 6.92 Å². The number of alkyl carbamates (subject to hydrolysis) is 1. The Morgan fingerprint density at radius 1 is 1.29 bits per heavy atom. The average molecular weight is 346 g/mol. The molecule has 1 N–H and O–H groups in total. The van der Waals surface area contributed by atoms with Gasteiger partial charge < -0.3 is 10.1 Å². The van der Waals surface area contributed by atoms with Gasteiger partial charge in [0, 0.05) is 5.39 Å². The van der Waals surface area contributed by atoms with Crippen LogP contribution in [-0.4, -0.2) is 28.7 Å². The first kappa shape index (κ1) is 18.6. The van der Waals surface area contributed by atoms with Crippen LogP contribution in [0.4, 0.5) is 4.79 Å². The molecule has 5 heteroatoms. The summed E-state index contributed by atoms with van der Waals surface area (Å²) < 4.78 is 5.39. The molecule has 1 heterocycles. The maximum Gasteiger partial charge on any atom is 0.408 e. The van der Waals surface area contributed by atoms with E-state index in [1.165, 1.54) is 5.56 Å². The Labute approximate surface area is 148 Å². The number of carbonyl (C=O) groups excluding carboxylic acids is 1. The Bertz CT molecular complexity index is 710. The van der Waals surface area contributed by atoms with Crippen molar-refractivity contribution >= 4 is 28.8 Å². The van der Waals surface area contributed by atoms with Crippen molar-refractivity contribution in [2.24, 2.45) is 0 Å². The fourth-order valence-electron chi connectivity index (χ4n) is 2.50. The molecule has 1 unspecified atom stereocenters. The topological polar surface area (TPSA) is 51.2 Å². The summed E-state index contributed by atoms with van der Waals surface area (Å²) in [5.41, 5.74) is 2.51. The van der Waals surface area contributed by atoms with Crippen molar-refractivity contribution in [2.45, 2.75) is 45.8 Å². The lowest BCUT2D eigenvalue weighted by Gasteiger charge is -2.23. The molecular weight excluding hydrogens is 320 g/mol. The molecule has 4 nitrogen and oxygen atoms in total. The maximum absolute atomic E-state index is 12.2. The van der Waals surface area contributed by atoms with E-state index in [9.17, 15) is 4.79 Å². The Balaban J connectivity index is 2.25. The van der Waals surface area contributed by atoms with Gasteiger partial charge in [0.15, 0.2) is 0 Å². The number of thioether (sulfide) groups is 1. The molecule has 1 amide bonds. The Kier molecular flexibility index (Phi) is 6.10. The second kappa shape index (κ2) is 7.88. The van der Waals surface area contributed by atoms with Gasteiger partial charge in [-0.2, -0.15) is 11.8 Å². The van der Waals surface area contributed by atoms with Crippen LogP contribution in [0.2, 0.25) is 0 Å². The molecule has 2 aromatic rings. The fourth-order valence-corrected chi connectivity index (χ4v) is 2.97. The molecule has 0 saturated carbocycles. The van der Waals surface area contributed by atoms with Crippen molar-refractivity contribution in [2.75, 3.05) is 12.0 Å². The normalized spacial score (nSPS) is 12.9. The van der Waals surface area contributed by atoms with Gasteiger partial charge in [-0.05, 0) is 63.8 Å². The van der Waals surface area contributed by atoms with E-state index in [1.54, 1.807) is 11.8 Å². The molecule has 0 aliphatic carbocycles. The third-order valence-electron chi connectivity index (χ3n) is 3.63. The van der Waals surface area contributed by atoms with Gasteiger partial charge in [-0.25, -0.2) is 4.79 Å². The SMILES string of the molecule is CSCCC(NC(=O)OC(C)(C)C)c1ccc2c(C)cccc2n1. The summed E-state index contributed by atoms with van der Waals surface area (Å²) in [7, 11) is 0. The quantitative estimate of drug-likeness (QED) is 0.840. The van der Waals surface area contributed by atoms with Crippen LogP contribution in [0.1, 0.15) is 44.5 Å². The van der Waals surface area contributed by atoms with E-state index < -0.39 is 11.7 Å². The number of amides is 1. The molecule has 0 aliphatic heterocycles. The third-order valence-corrected chi connectivity index (χ3v) is 4.27. The largest absolute Gasteiger partial charge is 0.444 e. The number of fused-ring (bicyclic) bond motifs is 1. The summed E-state index contributed by atoms with van der Waals surface area (Å²) in [6.45, 7) is 7.66. The lowest BCUT2D eigenvalue weighted by Crippen LogP contribution is -2.35. The molecule has 1 aromatic carbocycles. The molecule has 0 spiro atoms. The first-order valence-electron chi connectivity index (χ1n) is 8.15. The van der Waals surface area contributed by atoms with Crippen molar-refractivity contribution in [1.82, 2.24) is 10.3 Å². The van der Waals surface area contributed by atoms with Crippen LogP contribution in [0.5, 0.6) is 0 Å². The van der Waals surface area contributed by atoms with E-state index >= 15 is 0 Å². The van der Waals surface area contributed by atoms with Gasteiger partial charge in [0.1, 0.15) is 5.60 Å². The number of pyridine rings is 1. The first-order chi connectivity index (χ1) is 11.3. The van der Waals surface area contributed by atoms with E-state index in [0.717, 1.165) is 28.8 Å². The lowest BCUT2D eigenvalue weighted by molar-refractivity contribution is 0.0501. The highest BCUT2D eigenvalue weighted by molar-refractivity contribution is 7.98. The van der Waals surface area contributed by atoms with Gasteiger partial charge in [0.05, 0.1) is 17.3 Å². The molecule has 1 aromatic heterocycles. The number of rotatable bonds is 5. The van der Waals surface area contributed by atoms with Crippen LogP contribution in [0.25, 0.3) is 10.9 Å². The molecule has 130 valence electrons. The minimum atomic E-state index is -0.512. The smallest absolute Gasteiger partial charge is 0.408 e. The van der Waals surface area contributed by atoms with Crippen LogP contribution in [0.15, 0.2) is 30.3 Å². The van der Waals surface area contributed by atoms with Crippen molar-refractivity contribution in [1.29, 1.82) is 0 Å². The minimum Gasteiger partial charge on any atom is -0.444 e. The van der Waals surface area contributed by atoms with Crippen LogP contribution in [-0.2, 0) is 4.74 Å². The Morgan fingerprint density at radius 3 is 2.71 bits per heavy atom.